The van der Waals surface area contributed by atoms with Crippen molar-refractivity contribution in [2.75, 3.05) is 20.7 Å². The molecule has 0 aromatic carbocycles. The maximum atomic E-state index is 12.7. The number of rotatable bonds is 1. The largest absolute Gasteiger partial charge is 0.493 e. The summed E-state index contributed by atoms with van der Waals surface area (Å²) in [5.74, 6) is 2.07. The number of Topliss-reactive ketones (excluding diaryl/α,β-unsaturated/α-hetero) is 1. The Kier molecular flexibility index (Phi) is 2.56. The molecule has 6 atom stereocenters. The zero-order valence-corrected chi connectivity index (χ0v) is 13.6. The molecule has 0 aromatic rings. The lowest BCUT2D eigenvalue weighted by molar-refractivity contribution is -0.240. The Bertz CT molecular complexity index is 655. The van der Waals surface area contributed by atoms with Gasteiger partial charge in [-0.2, -0.15) is 0 Å². The number of likely N-dealkylation sites (N-methyl/N-ethyl adjacent to an activating group) is 1. The number of piperidine rings is 1. The molecule has 0 amide bonds. The van der Waals surface area contributed by atoms with Gasteiger partial charge < -0.3 is 19.5 Å². The quantitative estimate of drug-likeness (QED) is 0.788. The predicted molar refractivity (Wildman–Crippen MR) is 82.3 cm³/mol. The van der Waals surface area contributed by atoms with E-state index in [0.717, 1.165) is 30.9 Å². The minimum absolute atomic E-state index is 0.0756. The van der Waals surface area contributed by atoms with Crippen LogP contribution in [-0.2, 0) is 14.3 Å². The van der Waals surface area contributed by atoms with Crippen molar-refractivity contribution in [2.45, 2.75) is 43.4 Å². The van der Waals surface area contributed by atoms with Crippen molar-refractivity contribution in [1.82, 2.24) is 4.90 Å². The maximum Gasteiger partial charge on any atom is 0.174 e. The highest BCUT2D eigenvalue weighted by molar-refractivity contribution is 5.87. The molecule has 0 radical (unpaired) electrons. The number of hydrogen-bond acceptors (Lipinski definition) is 5. The molecular weight excluding hydrogens is 294 g/mol. The van der Waals surface area contributed by atoms with Gasteiger partial charge in [-0.05, 0) is 44.8 Å². The van der Waals surface area contributed by atoms with E-state index in [0.29, 0.717) is 18.8 Å². The third-order valence-electron chi connectivity index (χ3n) is 7.24. The molecule has 4 fully saturated rings. The smallest absolute Gasteiger partial charge is 0.174 e. The van der Waals surface area contributed by atoms with Gasteiger partial charge in [-0.25, -0.2) is 0 Å². The Labute approximate surface area is 135 Å². The summed E-state index contributed by atoms with van der Waals surface area (Å²) in [5, 5.41) is 11.8. The molecule has 1 spiro atoms. The van der Waals surface area contributed by atoms with Crippen LogP contribution in [0.4, 0.5) is 0 Å². The van der Waals surface area contributed by atoms with Crippen LogP contribution in [0.5, 0.6) is 0 Å². The van der Waals surface area contributed by atoms with Gasteiger partial charge in [0.25, 0.3) is 0 Å². The molecule has 23 heavy (non-hydrogen) atoms. The number of aliphatic hydroxyl groups is 1. The van der Waals surface area contributed by atoms with Crippen LogP contribution in [0.1, 0.15) is 25.7 Å². The molecule has 0 aromatic heterocycles. The van der Waals surface area contributed by atoms with E-state index in [9.17, 15) is 9.90 Å². The first-order valence-corrected chi connectivity index (χ1v) is 8.61. The second kappa shape index (κ2) is 4.19. The van der Waals surface area contributed by atoms with E-state index in [1.807, 2.05) is 6.08 Å². The topological polar surface area (TPSA) is 59.0 Å². The molecule has 5 nitrogen and oxygen atoms in total. The Hall–Kier alpha value is -1.33. The van der Waals surface area contributed by atoms with Crippen molar-refractivity contribution in [1.29, 1.82) is 0 Å². The monoisotopic (exact) mass is 317 g/mol. The van der Waals surface area contributed by atoms with Crippen molar-refractivity contribution in [2.24, 2.45) is 17.3 Å². The normalized spacial score (nSPS) is 50.7. The van der Waals surface area contributed by atoms with Gasteiger partial charge in [0.15, 0.2) is 17.6 Å². The number of nitrogens with zero attached hydrogens (tertiary/aromatic N) is 1. The number of ether oxygens (including phenoxy) is 2. The summed E-state index contributed by atoms with van der Waals surface area (Å²) in [7, 11) is 3.74. The van der Waals surface area contributed by atoms with Gasteiger partial charge in [0.2, 0.25) is 0 Å². The molecule has 2 saturated heterocycles. The van der Waals surface area contributed by atoms with Crippen LogP contribution in [0, 0.1) is 17.3 Å². The van der Waals surface area contributed by atoms with E-state index in [4.69, 9.17) is 9.47 Å². The summed E-state index contributed by atoms with van der Waals surface area (Å²) >= 11 is 0. The van der Waals surface area contributed by atoms with E-state index in [1.54, 1.807) is 7.11 Å². The highest BCUT2D eigenvalue weighted by atomic mass is 16.5. The predicted octanol–water partition coefficient (Wildman–Crippen LogP) is 1.23. The second-order valence-electron chi connectivity index (χ2n) is 7.84. The van der Waals surface area contributed by atoms with Gasteiger partial charge in [-0.1, -0.05) is 6.08 Å². The van der Waals surface area contributed by atoms with Crippen molar-refractivity contribution in [3.8, 4) is 0 Å². The number of carbonyl (C=O) groups excluding carboxylic acids is 1. The highest BCUT2D eigenvalue weighted by Crippen LogP contribution is 2.69. The fourth-order valence-electron chi connectivity index (χ4n) is 6.30. The summed E-state index contributed by atoms with van der Waals surface area (Å²) in [6.45, 7) is 0.905. The molecular formula is C18H23NO4. The van der Waals surface area contributed by atoms with Gasteiger partial charge in [0.05, 0.1) is 18.1 Å². The van der Waals surface area contributed by atoms with Gasteiger partial charge in [-0.15, -0.1) is 0 Å². The van der Waals surface area contributed by atoms with Crippen molar-refractivity contribution in [3.05, 3.63) is 23.7 Å². The van der Waals surface area contributed by atoms with E-state index in [-0.39, 0.29) is 17.7 Å². The zero-order valence-electron chi connectivity index (χ0n) is 13.6. The fourth-order valence-corrected chi connectivity index (χ4v) is 6.30. The minimum Gasteiger partial charge on any atom is -0.493 e. The molecule has 124 valence electrons. The average molecular weight is 317 g/mol. The van der Waals surface area contributed by atoms with Crippen LogP contribution in [-0.4, -0.2) is 54.2 Å². The Balaban J connectivity index is 1.76. The van der Waals surface area contributed by atoms with Crippen LogP contribution in [0.2, 0.25) is 0 Å². The van der Waals surface area contributed by atoms with Crippen molar-refractivity contribution < 1.29 is 19.4 Å². The van der Waals surface area contributed by atoms with Crippen LogP contribution >= 0.6 is 0 Å². The lowest BCUT2D eigenvalue weighted by Crippen LogP contribution is -2.76. The summed E-state index contributed by atoms with van der Waals surface area (Å²) in [5.41, 5.74) is -1.32. The third-order valence-corrected chi connectivity index (χ3v) is 7.24. The first kappa shape index (κ1) is 14.1. The van der Waals surface area contributed by atoms with Gasteiger partial charge in [0, 0.05) is 18.4 Å². The second-order valence-corrected chi connectivity index (χ2v) is 7.84. The van der Waals surface area contributed by atoms with Gasteiger partial charge in [0.1, 0.15) is 5.76 Å². The number of methoxy groups -OCH3 is 1. The number of likely N-dealkylation sites (tertiary alicyclic amines) is 1. The Morgan fingerprint density at radius 1 is 1.43 bits per heavy atom. The Morgan fingerprint density at radius 2 is 2.26 bits per heavy atom. The molecule has 5 rings (SSSR count). The first-order valence-electron chi connectivity index (χ1n) is 8.61. The van der Waals surface area contributed by atoms with Crippen molar-refractivity contribution >= 4 is 5.78 Å². The van der Waals surface area contributed by atoms with Crippen LogP contribution in [0.15, 0.2) is 23.7 Å². The maximum absolute atomic E-state index is 12.7. The van der Waals surface area contributed by atoms with Gasteiger partial charge >= 0.3 is 0 Å². The first-order chi connectivity index (χ1) is 11.0. The summed E-state index contributed by atoms with van der Waals surface area (Å²) in [4.78, 5) is 15.0. The summed E-state index contributed by atoms with van der Waals surface area (Å²) in [6, 6.07) is 0.102. The highest BCUT2D eigenvalue weighted by Gasteiger charge is 2.76. The molecule has 2 bridgehead atoms. The van der Waals surface area contributed by atoms with Crippen LogP contribution in [0.25, 0.3) is 0 Å². The summed E-state index contributed by atoms with van der Waals surface area (Å²) < 4.78 is 11.7. The zero-order chi connectivity index (χ0) is 16.0. The molecule has 1 N–H and O–H groups in total. The average Bonchev–Trinajstić information content (AvgIpc) is 2.90. The molecule has 2 heterocycles. The standard InChI is InChI=1S/C18H23NO4/c1-19-8-7-17-14-10-3-4-12(22-2)15(14)23-16(17)11(20)5-6-18(17,21)13(19)9-10/h3-4,10,13-14,16,21H,5-9H2,1-2H3/t10?,13-,14?,16?,17+,18-/m1/s1. The lowest BCUT2D eigenvalue weighted by Gasteiger charge is -2.65. The molecule has 2 aliphatic heterocycles. The van der Waals surface area contributed by atoms with Gasteiger partial charge in [-0.3, -0.25) is 4.79 Å². The fraction of sp³-hybridized carbons (Fsp3) is 0.722. The van der Waals surface area contributed by atoms with E-state index in [1.165, 1.54) is 0 Å². The third kappa shape index (κ3) is 1.36. The van der Waals surface area contributed by atoms with Crippen molar-refractivity contribution in [3.63, 3.8) is 0 Å². The van der Waals surface area contributed by atoms with Crippen LogP contribution < -0.4 is 0 Å². The number of allylic oxidation sites excluding steroid dienone is 3. The molecule has 5 aliphatic rings. The summed E-state index contributed by atoms with van der Waals surface area (Å²) in [6.07, 6.45) is 6.37. The molecule has 2 saturated carbocycles. The molecule has 5 heteroatoms. The van der Waals surface area contributed by atoms with E-state index < -0.39 is 17.1 Å². The SMILES string of the molecule is COC1=C2OC3C(=O)CC[C@@]4(O)[C@H]5CC(C=C1)C2[C@@]34CCN5C. The van der Waals surface area contributed by atoms with Crippen LogP contribution in [0.3, 0.4) is 0 Å². The minimum atomic E-state index is -0.842. The lowest BCUT2D eigenvalue weighted by atomic mass is 9.44. The Morgan fingerprint density at radius 3 is 3.04 bits per heavy atom. The number of hydrogen-bond donors (Lipinski definition) is 1. The van der Waals surface area contributed by atoms with E-state index in [2.05, 4.69) is 18.0 Å². The molecule has 3 aliphatic carbocycles. The number of carbonyl (C=O) groups is 1. The van der Waals surface area contributed by atoms with E-state index >= 15 is 0 Å². The molecule has 3 unspecified atom stereocenters. The number of ketones is 1.